The third-order valence-electron chi connectivity index (χ3n) is 5.21. The largest absolute Gasteiger partial charge is 0.342 e. The molecule has 0 aliphatic carbocycles. The SMILES string of the molecule is CC(C)n1cnnc1SCC(=O)N1CCN(CC(=O)N2CCCCC2)CC1. The lowest BCUT2D eigenvalue weighted by molar-refractivity contribution is -0.134. The monoisotopic (exact) mass is 394 g/mol. The summed E-state index contributed by atoms with van der Waals surface area (Å²) in [5.41, 5.74) is 0. The molecular weight excluding hydrogens is 364 g/mol. The molecule has 0 atom stereocenters. The van der Waals surface area contributed by atoms with Crippen LogP contribution in [0.4, 0.5) is 0 Å². The second-order valence-electron chi connectivity index (χ2n) is 7.50. The maximum Gasteiger partial charge on any atom is 0.236 e. The van der Waals surface area contributed by atoms with E-state index < -0.39 is 0 Å². The summed E-state index contributed by atoms with van der Waals surface area (Å²) in [6.45, 7) is 9.31. The number of aromatic nitrogens is 3. The Morgan fingerprint density at radius 3 is 2.33 bits per heavy atom. The summed E-state index contributed by atoms with van der Waals surface area (Å²) in [4.78, 5) is 30.9. The van der Waals surface area contributed by atoms with Gasteiger partial charge in [0.25, 0.3) is 0 Å². The van der Waals surface area contributed by atoms with Gasteiger partial charge in [0.2, 0.25) is 11.8 Å². The lowest BCUT2D eigenvalue weighted by Crippen LogP contribution is -2.52. The molecule has 27 heavy (non-hydrogen) atoms. The Bertz CT molecular complexity index is 636. The molecule has 2 fully saturated rings. The molecule has 0 aromatic carbocycles. The fraction of sp³-hybridized carbons (Fsp3) is 0.778. The van der Waals surface area contributed by atoms with Gasteiger partial charge in [-0.2, -0.15) is 0 Å². The molecule has 2 aliphatic heterocycles. The van der Waals surface area contributed by atoms with Gasteiger partial charge in [0.15, 0.2) is 5.16 Å². The minimum Gasteiger partial charge on any atom is -0.342 e. The number of nitrogens with zero attached hydrogens (tertiary/aromatic N) is 6. The van der Waals surface area contributed by atoms with Crippen molar-refractivity contribution in [3.8, 4) is 0 Å². The molecule has 0 saturated carbocycles. The number of amides is 2. The van der Waals surface area contributed by atoms with Crippen LogP contribution in [0.25, 0.3) is 0 Å². The maximum absolute atomic E-state index is 12.5. The van der Waals surface area contributed by atoms with E-state index in [9.17, 15) is 9.59 Å². The van der Waals surface area contributed by atoms with E-state index in [-0.39, 0.29) is 17.9 Å². The second kappa shape index (κ2) is 9.54. The molecule has 3 rings (SSSR count). The molecule has 0 N–H and O–H groups in total. The number of hydrogen-bond acceptors (Lipinski definition) is 6. The number of likely N-dealkylation sites (tertiary alicyclic amines) is 1. The molecule has 0 unspecified atom stereocenters. The first-order valence-corrected chi connectivity index (χ1v) is 10.8. The van der Waals surface area contributed by atoms with Crippen LogP contribution in [0.1, 0.15) is 39.2 Å². The zero-order chi connectivity index (χ0) is 19.2. The van der Waals surface area contributed by atoms with Crippen LogP contribution in [-0.2, 0) is 9.59 Å². The van der Waals surface area contributed by atoms with Crippen molar-refractivity contribution in [1.29, 1.82) is 0 Å². The molecule has 1 aromatic heterocycles. The number of hydrogen-bond donors (Lipinski definition) is 0. The molecule has 8 nitrogen and oxygen atoms in total. The van der Waals surface area contributed by atoms with E-state index >= 15 is 0 Å². The summed E-state index contributed by atoms with van der Waals surface area (Å²) in [6, 6.07) is 0.276. The predicted molar refractivity (Wildman–Crippen MR) is 105 cm³/mol. The van der Waals surface area contributed by atoms with E-state index in [4.69, 9.17) is 0 Å². The number of carbonyl (C=O) groups excluding carboxylic acids is 2. The fourth-order valence-corrected chi connectivity index (χ4v) is 4.44. The van der Waals surface area contributed by atoms with Crippen molar-refractivity contribution in [2.24, 2.45) is 0 Å². The number of rotatable bonds is 6. The lowest BCUT2D eigenvalue weighted by Gasteiger charge is -2.36. The first-order chi connectivity index (χ1) is 13.0. The molecule has 0 radical (unpaired) electrons. The Hall–Kier alpha value is -1.61. The van der Waals surface area contributed by atoms with Crippen molar-refractivity contribution < 1.29 is 9.59 Å². The van der Waals surface area contributed by atoms with Gasteiger partial charge in [-0.3, -0.25) is 14.5 Å². The Labute approximate surface area is 165 Å². The van der Waals surface area contributed by atoms with E-state index in [0.717, 1.165) is 44.2 Å². The molecule has 0 bridgehead atoms. The van der Waals surface area contributed by atoms with Gasteiger partial charge in [0, 0.05) is 45.3 Å². The van der Waals surface area contributed by atoms with Crippen LogP contribution in [0.15, 0.2) is 11.5 Å². The first-order valence-electron chi connectivity index (χ1n) is 9.85. The zero-order valence-electron chi connectivity index (χ0n) is 16.3. The van der Waals surface area contributed by atoms with Gasteiger partial charge in [-0.15, -0.1) is 10.2 Å². The van der Waals surface area contributed by atoms with Gasteiger partial charge in [-0.05, 0) is 33.1 Å². The third kappa shape index (κ3) is 5.44. The Balaban J connectivity index is 1.40. The number of piperazine rings is 1. The molecule has 3 heterocycles. The van der Waals surface area contributed by atoms with Crippen LogP contribution >= 0.6 is 11.8 Å². The van der Waals surface area contributed by atoms with E-state index in [2.05, 4.69) is 28.9 Å². The van der Waals surface area contributed by atoms with Gasteiger partial charge in [0.05, 0.1) is 12.3 Å². The van der Waals surface area contributed by atoms with Crippen molar-refractivity contribution >= 4 is 23.6 Å². The third-order valence-corrected chi connectivity index (χ3v) is 6.16. The second-order valence-corrected chi connectivity index (χ2v) is 8.44. The summed E-state index contributed by atoms with van der Waals surface area (Å²) in [5, 5.41) is 8.81. The normalized spacial score (nSPS) is 18.9. The average molecular weight is 395 g/mol. The zero-order valence-corrected chi connectivity index (χ0v) is 17.2. The summed E-state index contributed by atoms with van der Waals surface area (Å²) in [5.74, 6) is 0.733. The summed E-state index contributed by atoms with van der Waals surface area (Å²) < 4.78 is 1.97. The van der Waals surface area contributed by atoms with Crippen molar-refractivity contribution in [2.75, 3.05) is 51.6 Å². The average Bonchev–Trinajstić information content (AvgIpc) is 3.16. The summed E-state index contributed by atoms with van der Waals surface area (Å²) >= 11 is 1.44. The highest BCUT2D eigenvalue weighted by atomic mass is 32.2. The van der Waals surface area contributed by atoms with Crippen LogP contribution < -0.4 is 0 Å². The summed E-state index contributed by atoms with van der Waals surface area (Å²) in [7, 11) is 0. The maximum atomic E-state index is 12.5. The highest BCUT2D eigenvalue weighted by Gasteiger charge is 2.25. The van der Waals surface area contributed by atoms with E-state index in [1.807, 2.05) is 14.4 Å². The Kier molecular flexibility index (Phi) is 7.12. The lowest BCUT2D eigenvalue weighted by atomic mass is 10.1. The molecule has 0 spiro atoms. The standard InChI is InChI=1S/C18H30N6O2S/c1-15(2)24-14-19-20-18(24)27-13-17(26)23-10-8-21(9-11-23)12-16(25)22-6-4-3-5-7-22/h14-15H,3-13H2,1-2H3. The van der Waals surface area contributed by atoms with Crippen LogP contribution in [-0.4, -0.2) is 92.8 Å². The van der Waals surface area contributed by atoms with E-state index in [0.29, 0.717) is 25.4 Å². The van der Waals surface area contributed by atoms with Gasteiger partial charge in [-0.25, -0.2) is 0 Å². The molecule has 9 heteroatoms. The Morgan fingerprint density at radius 2 is 1.67 bits per heavy atom. The fourth-order valence-electron chi connectivity index (χ4n) is 3.50. The minimum atomic E-state index is 0.125. The predicted octanol–water partition coefficient (Wildman–Crippen LogP) is 1.11. The van der Waals surface area contributed by atoms with Gasteiger partial charge < -0.3 is 14.4 Å². The minimum absolute atomic E-state index is 0.125. The summed E-state index contributed by atoms with van der Waals surface area (Å²) in [6.07, 6.45) is 5.18. The van der Waals surface area contributed by atoms with E-state index in [1.165, 1.54) is 18.2 Å². The molecular formula is C18H30N6O2S. The van der Waals surface area contributed by atoms with Crippen LogP contribution in [0.3, 0.4) is 0 Å². The Morgan fingerprint density at radius 1 is 1.00 bits per heavy atom. The van der Waals surface area contributed by atoms with Gasteiger partial charge in [0.1, 0.15) is 6.33 Å². The van der Waals surface area contributed by atoms with Crippen LogP contribution in [0.5, 0.6) is 0 Å². The molecule has 2 aliphatic rings. The highest BCUT2D eigenvalue weighted by Crippen LogP contribution is 2.19. The van der Waals surface area contributed by atoms with Crippen LogP contribution in [0, 0.1) is 0 Å². The molecule has 2 amide bonds. The topological polar surface area (TPSA) is 74.6 Å². The first kappa shape index (κ1) is 20.1. The van der Waals surface area contributed by atoms with Crippen molar-refractivity contribution in [3.05, 3.63) is 6.33 Å². The van der Waals surface area contributed by atoms with E-state index in [1.54, 1.807) is 6.33 Å². The molecule has 150 valence electrons. The number of carbonyl (C=O) groups is 2. The van der Waals surface area contributed by atoms with Gasteiger partial charge in [-0.1, -0.05) is 11.8 Å². The quantitative estimate of drug-likeness (QED) is 0.673. The highest BCUT2D eigenvalue weighted by molar-refractivity contribution is 7.99. The number of thioether (sulfide) groups is 1. The number of piperidine rings is 1. The van der Waals surface area contributed by atoms with Crippen molar-refractivity contribution in [3.63, 3.8) is 0 Å². The van der Waals surface area contributed by atoms with Gasteiger partial charge >= 0.3 is 0 Å². The van der Waals surface area contributed by atoms with Crippen molar-refractivity contribution in [2.45, 2.75) is 44.3 Å². The van der Waals surface area contributed by atoms with Crippen LogP contribution in [0.2, 0.25) is 0 Å². The smallest absolute Gasteiger partial charge is 0.236 e. The molecule has 2 saturated heterocycles. The molecule has 1 aromatic rings. The van der Waals surface area contributed by atoms with Crippen molar-refractivity contribution in [1.82, 2.24) is 29.5 Å².